The third-order valence-electron chi connectivity index (χ3n) is 3.05. The van der Waals surface area contributed by atoms with E-state index < -0.39 is 0 Å². The van der Waals surface area contributed by atoms with Crippen molar-refractivity contribution < 1.29 is 4.79 Å². The van der Waals surface area contributed by atoms with Crippen LogP contribution in [0.4, 0.5) is 0 Å². The molecule has 4 heteroatoms. The second-order valence-electron chi connectivity index (χ2n) is 6.10. The summed E-state index contributed by atoms with van der Waals surface area (Å²) in [7, 11) is 0. The highest BCUT2D eigenvalue weighted by Gasteiger charge is 2.18. The molecule has 0 radical (unpaired) electrons. The predicted octanol–water partition coefficient (Wildman–Crippen LogP) is 3.29. The van der Waals surface area contributed by atoms with Gasteiger partial charge in [0.05, 0.1) is 6.04 Å². The largest absolute Gasteiger partial charge is 0.350 e. The second kappa shape index (κ2) is 5.94. The molecule has 20 heavy (non-hydrogen) atoms. The predicted molar refractivity (Wildman–Crippen MR) is 86.0 cm³/mol. The van der Waals surface area contributed by atoms with Gasteiger partial charge in [-0.2, -0.15) is 0 Å². The van der Waals surface area contributed by atoms with E-state index in [1.165, 1.54) is 15.6 Å². The maximum absolute atomic E-state index is 12.0. The minimum atomic E-state index is -0.201. The molecule has 1 atom stereocenters. The number of fused-ring (bicyclic) bond motifs is 1. The number of amides is 1. The lowest BCUT2D eigenvalue weighted by Gasteiger charge is -2.23. The third kappa shape index (κ3) is 3.81. The summed E-state index contributed by atoms with van der Waals surface area (Å²) in [5.74, 6) is 0.0389. The highest BCUT2D eigenvalue weighted by molar-refractivity contribution is 7.17. The van der Waals surface area contributed by atoms with E-state index in [1.54, 1.807) is 11.3 Å². The second-order valence-corrected chi connectivity index (χ2v) is 7.01. The van der Waals surface area contributed by atoms with Crippen LogP contribution in [0.5, 0.6) is 0 Å². The molecule has 0 fully saturated rings. The number of hydrogen-bond acceptors (Lipinski definition) is 3. The SMILES string of the molecule is CC(NCc1csc2ccccc12)C(=O)NC(C)(C)C. The van der Waals surface area contributed by atoms with Gasteiger partial charge in [-0.25, -0.2) is 0 Å². The average Bonchev–Trinajstić information content (AvgIpc) is 2.77. The van der Waals surface area contributed by atoms with Crippen LogP contribution >= 0.6 is 11.3 Å². The lowest BCUT2D eigenvalue weighted by atomic mass is 10.1. The van der Waals surface area contributed by atoms with Gasteiger partial charge in [-0.3, -0.25) is 4.79 Å². The molecule has 2 N–H and O–H groups in total. The van der Waals surface area contributed by atoms with Gasteiger partial charge < -0.3 is 10.6 Å². The van der Waals surface area contributed by atoms with Gasteiger partial charge in [0.2, 0.25) is 5.91 Å². The van der Waals surface area contributed by atoms with Crippen molar-refractivity contribution in [1.29, 1.82) is 0 Å². The molecule has 0 aliphatic rings. The summed E-state index contributed by atoms with van der Waals surface area (Å²) in [6.07, 6.45) is 0. The van der Waals surface area contributed by atoms with Gasteiger partial charge in [-0.05, 0) is 50.1 Å². The molecule has 1 unspecified atom stereocenters. The van der Waals surface area contributed by atoms with Gasteiger partial charge in [0.15, 0.2) is 0 Å². The van der Waals surface area contributed by atoms with Crippen molar-refractivity contribution >= 4 is 27.3 Å². The first-order valence-electron chi connectivity index (χ1n) is 6.87. The molecule has 2 rings (SSSR count). The molecular formula is C16H22N2OS. The van der Waals surface area contributed by atoms with E-state index in [0.29, 0.717) is 6.54 Å². The number of benzene rings is 1. The molecule has 1 amide bonds. The van der Waals surface area contributed by atoms with Crippen LogP contribution in [0.15, 0.2) is 29.6 Å². The maximum atomic E-state index is 12.0. The standard InChI is InChI=1S/C16H22N2OS/c1-11(15(19)18-16(2,3)4)17-9-12-10-20-14-8-6-5-7-13(12)14/h5-8,10-11,17H,9H2,1-4H3,(H,18,19). The van der Waals surface area contributed by atoms with Crippen LogP contribution < -0.4 is 10.6 Å². The van der Waals surface area contributed by atoms with Crippen molar-refractivity contribution in [3.63, 3.8) is 0 Å². The van der Waals surface area contributed by atoms with Crippen LogP contribution in [-0.4, -0.2) is 17.5 Å². The van der Waals surface area contributed by atoms with Crippen molar-refractivity contribution in [2.24, 2.45) is 0 Å². The first kappa shape index (κ1) is 15.0. The molecule has 0 bridgehead atoms. The van der Waals surface area contributed by atoms with Gasteiger partial charge in [-0.1, -0.05) is 18.2 Å². The Labute approximate surface area is 124 Å². The first-order valence-corrected chi connectivity index (χ1v) is 7.75. The van der Waals surface area contributed by atoms with Crippen LogP contribution in [0.2, 0.25) is 0 Å². The number of rotatable bonds is 4. The fraction of sp³-hybridized carbons (Fsp3) is 0.438. The van der Waals surface area contributed by atoms with Crippen molar-refractivity contribution in [2.75, 3.05) is 0 Å². The van der Waals surface area contributed by atoms with E-state index in [4.69, 9.17) is 0 Å². The highest BCUT2D eigenvalue weighted by Crippen LogP contribution is 2.25. The van der Waals surface area contributed by atoms with Crippen molar-refractivity contribution in [1.82, 2.24) is 10.6 Å². The van der Waals surface area contributed by atoms with Crippen LogP contribution in [0.25, 0.3) is 10.1 Å². The molecule has 108 valence electrons. The van der Waals surface area contributed by atoms with Gasteiger partial charge >= 0.3 is 0 Å². The van der Waals surface area contributed by atoms with Crippen molar-refractivity contribution in [2.45, 2.75) is 45.8 Å². The fourth-order valence-electron chi connectivity index (χ4n) is 2.00. The van der Waals surface area contributed by atoms with Crippen molar-refractivity contribution in [3.05, 3.63) is 35.2 Å². The lowest BCUT2D eigenvalue weighted by molar-refractivity contribution is -0.124. The van der Waals surface area contributed by atoms with Crippen LogP contribution in [0.1, 0.15) is 33.3 Å². The highest BCUT2D eigenvalue weighted by atomic mass is 32.1. The molecule has 0 spiro atoms. The molecule has 1 aromatic carbocycles. The number of carbonyl (C=O) groups excluding carboxylic acids is 1. The molecular weight excluding hydrogens is 268 g/mol. The van der Waals surface area contributed by atoms with E-state index in [2.05, 4.69) is 34.2 Å². The summed E-state index contributed by atoms with van der Waals surface area (Å²) in [5.41, 5.74) is 1.06. The topological polar surface area (TPSA) is 41.1 Å². The lowest BCUT2D eigenvalue weighted by Crippen LogP contribution is -2.49. The Kier molecular flexibility index (Phi) is 4.45. The smallest absolute Gasteiger partial charge is 0.237 e. The third-order valence-corrected chi connectivity index (χ3v) is 4.06. The van der Waals surface area contributed by atoms with Gasteiger partial charge in [0.1, 0.15) is 0 Å². The van der Waals surface area contributed by atoms with Gasteiger partial charge in [-0.15, -0.1) is 11.3 Å². The molecule has 0 saturated heterocycles. The summed E-state index contributed by atoms with van der Waals surface area (Å²) in [4.78, 5) is 12.0. The Balaban J connectivity index is 1.96. The quantitative estimate of drug-likeness (QED) is 0.907. The Morgan fingerprint density at radius 3 is 2.70 bits per heavy atom. The number of thiophene rings is 1. The van der Waals surface area contributed by atoms with Crippen LogP contribution in [0.3, 0.4) is 0 Å². The zero-order chi connectivity index (χ0) is 14.8. The number of nitrogens with one attached hydrogen (secondary N) is 2. The summed E-state index contributed by atoms with van der Waals surface area (Å²) < 4.78 is 1.29. The van der Waals surface area contributed by atoms with E-state index in [0.717, 1.165) is 0 Å². The fourth-order valence-corrected chi connectivity index (χ4v) is 2.97. The summed E-state index contributed by atoms with van der Waals surface area (Å²) >= 11 is 1.74. The molecule has 0 aliphatic heterocycles. The summed E-state index contributed by atoms with van der Waals surface area (Å²) in [6.45, 7) is 8.58. The maximum Gasteiger partial charge on any atom is 0.237 e. The van der Waals surface area contributed by atoms with Gasteiger partial charge in [0, 0.05) is 16.8 Å². The zero-order valence-electron chi connectivity index (χ0n) is 12.5. The van der Waals surface area contributed by atoms with E-state index in [9.17, 15) is 4.79 Å². The molecule has 1 aromatic heterocycles. The Morgan fingerprint density at radius 2 is 2.00 bits per heavy atom. The normalized spacial score (nSPS) is 13.4. The average molecular weight is 290 g/mol. The molecule has 1 heterocycles. The zero-order valence-corrected chi connectivity index (χ0v) is 13.3. The summed E-state index contributed by atoms with van der Waals surface area (Å²) in [6, 6.07) is 8.15. The number of carbonyl (C=O) groups is 1. The Morgan fingerprint density at radius 1 is 1.30 bits per heavy atom. The molecule has 2 aromatic rings. The van der Waals surface area contributed by atoms with Crippen LogP contribution in [-0.2, 0) is 11.3 Å². The van der Waals surface area contributed by atoms with Crippen molar-refractivity contribution in [3.8, 4) is 0 Å². The van der Waals surface area contributed by atoms with E-state index >= 15 is 0 Å². The molecule has 3 nitrogen and oxygen atoms in total. The Hall–Kier alpha value is -1.39. The Bertz CT molecular complexity index is 598. The summed E-state index contributed by atoms with van der Waals surface area (Å²) in [5, 5.41) is 9.71. The minimum absolute atomic E-state index is 0.0389. The monoisotopic (exact) mass is 290 g/mol. The van der Waals surface area contributed by atoms with Gasteiger partial charge in [0.25, 0.3) is 0 Å². The van der Waals surface area contributed by atoms with Crippen LogP contribution in [0, 0.1) is 0 Å². The van der Waals surface area contributed by atoms with E-state index in [1.807, 2.05) is 33.8 Å². The van der Waals surface area contributed by atoms with E-state index in [-0.39, 0.29) is 17.5 Å². The molecule has 0 saturated carbocycles. The number of hydrogen-bond donors (Lipinski definition) is 2. The first-order chi connectivity index (χ1) is 9.37. The molecule has 0 aliphatic carbocycles. The minimum Gasteiger partial charge on any atom is -0.350 e.